The van der Waals surface area contributed by atoms with E-state index in [2.05, 4.69) is 0 Å². The van der Waals surface area contributed by atoms with E-state index in [0.29, 0.717) is 24.7 Å². The first-order chi connectivity index (χ1) is 10.5. The van der Waals surface area contributed by atoms with Crippen molar-refractivity contribution >= 4 is 11.9 Å². The number of benzene rings is 1. The van der Waals surface area contributed by atoms with Crippen molar-refractivity contribution in [1.82, 2.24) is 0 Å². The lowest BCUT2D eigenvalue weighted by Crippen LogP contribution is -2.27. The first-order valence-electron chi connectivity index (χ1n) is 7.24. The molecule has 0 amide bonds. The van der Waals surface area contributed by atoms with E-state index in [4.69, 9.17) is 18.9 Å². The molecule has 0 N–H and O–H groups in total. The van der Waals surface area contributed by atoms with Gasteiger partial charge in [-0.25, -0.2) is 9.59 Å². The van der Waals surface area contributed by atoms with Crippen molar-refractivity contribution in [2.24, 2.45) is 0 Å². The zero-order chi connectivity index (χ0) is 16.5. The molecule has 0 spiro atoms. The van der Waals surface area contributed by atoms with Crippen molar-refractivity contribution in [2.45, 2.75) is 39.9 Å². The van der Waals surface area contributed by atoms with E-state index in [1.54, 1.807) is 52.0 Å². The fourth-order valence-electron chi connectivity index (χ4n) is 1.64. The number of carbonyl (C=O) groups excluding carboxylic acids is 2. The number of hydrogen-bond acceptors (Lipinski definition) is 6. The Bertz CT molecular complexity index is 458. The molecule has 0 bridgehead atoms. The maximum absolute atomic E-state index is 11.5. The molecule has 1 aromatic rings. The molecule has 0 aromatic heterocycles. The molecular weight excluding hydrogens is 288 g/mol. The Labute approximate surface area is 130 Å². The summed E-state index contributed by atoms with van der Waals surface area (Å²) < 4.78 is 20.7. The highest BCUT2D eigenvalue weighted by atomic mass is 16.6. The third kappa shape index (κ3) is 5.63. The summed E-state index contributed by atoms with van der Waals surface area (Å²) in [5, 5.41) is 0. The fourth-order valence-corrected chi connectivity index (χ4v) is 1.64. The van der Waals surface area contributed by atoms with E-state index >= 15 is 0 Å². The van der Waals surface area contributed by atoms with Crippen LogP contribution in [0, 0.1) is 0 Å². The minimum atomic E-state index is -0.724. The van der Waals surface area contributed by atoms with Gasteiger partial charge in [0.1, 0.15) is 11.5 Å². The van der Waals surface area contributed by atoms with Gasteiger partial charge in [0.15, 0.2) is 12.2 Å². The Kier molecular flexibility index (Phi) is 7.22. The van der Waals surface area contributed by atoms with Crippen LogP contribution in [-0.4, -0.2) is 37.4 Å². The third-order valence-electron chi connectivity index (χ3n) is 2.67. The normalized spacial score (nSPS) is 12.9. The van der Waals surface area contributed by atoms with Gasteiger partial charge in [-0.3, -0.25) is 0 Å². The number of hydrogen-bond donors (Lipinski definition) is 0. The van der Waals surface area contributed by atoms with Gasteiger partial charge in [-0.2, -0.15) is 0 Å². The van der Waals surface area contributed by atoms with Gasteiger partial charge in [-0.1, -0.05) is 6.07 Å². The summed E-state index contributed by atoms with van der Waals surface area (Å²) in [5.74, 6) is 0.0330. The first kappa shape index (κ1) is 17.8. The number of ether oxygens (including phenoxy) is 4. The molecule has 0 aliphatic carbocycles. The molecular formula is C16H22O6. The highest BCUT2D eigenvalue weighted by Gasteiger charge is 2.18. The lowest BCUT2D eigenvalue weighted by Gasteiger charge is -2.16. The maximum Gasteiger partial charge on any atom is 0.347 e. The minimum absolute atomic E-state index is 0.298. The maximum atomic E-state index is 11.5. The summed E-state index contributed by atoms with van der Waals surface area (Å²) >= 11 is 0. The summed E-state index contributed by atoms with van der Waals surface area (Å²) in [4.78, 5) is 23.1. The predicted octanol–water partition coefficient (Wildman–Crippen LogP) is 2.35. The van der Waals surface area contributed by atoms with Crippen LogP contribution in [0.5, 0.6) is 11.5 Å². The Hall–Kier alpha value is -2.24. The first-order valence-corrected chi connectivity index (χ1v) is 7.24. The summed E-state index contributed by atoms with van der Waals surface area (Å²) in [7, 11) is 0. The van der Waals surface area contributed by atoms with Gasteiger partial charge in [0.05, 0.1) is 13.2 Å². The van der Waals surface area contributed by atoms with Gasteiger partial charge in [0, 0.05) is 6.07 Å². The lowest BCUT2D eigenvalue weighted by molar-refractivity contribution is -0.151. The van der Waals surface area contributed by atoms with Gasteiger partial charge in [0.2, 0.25) is 0 Å². The summed E-state index contributed by atoms with van der Waals surface area (Å²) in [6.07, 6.45) is -1.45. The van der Waals surface area contributed by atoms with Crippen LogP contribution in [-0.2, 0) is 19.1 Å². The lowest BCUT2D eigenvalue weighted by atomic mass is 10.3. The molecule has 6 heteroatoms. The summed E-state index contributed by atoms with van der Waals surface area (Å²) in [6, 6.07) is 6.70. The standard InChI is InChI=1S/C16H22O6/c1-5-19-15(17)11(3)21-13-8-7-9-14(10-13)22-12(4)16(18)20-6-2/h7-12H,5-6H2,1-4H3/t11-,12-/m1/s1. The molecule has 1 rings (SSSR count). The number of carbonyl (C=O) groups is 2. The van der Waals surface area contributed by atoms with E-state index in [1.165, 1.54) is 0 Å². The van der Waals surface area contributed by atoms with Crippen LogP contribution in [0.15, 0.2) is 24.3 Å². The molecule has 0 heterocycles. The molecule has 2 atom stereocenters. The van der Waals surface area contributed by atoms with E-state index in [1.807, 2.05) is 0 Å². The van der Waals surface area contributed by atoms with Crippen LogP contribution in [0.2, 0.25) is 0 Å². The Balaban J connectivity index is 2.66. The summed E-state index contributed by atoms with van der Waals surface area (Å²) in [5.41, 5.74) is 0. The van der Waals surface area contributed by atoms with E-state index in [-0.39, 0.29) is 0 Å². The molecule has 122 valence electrons. The highest BCUT2D eigenvalue weighted by Crippen LogP contribution is 2.22. The molecule has 6 nitrogen and oxygen atoms in total. The molecule has 0 fully saturated rings. The van der Waals surface area contributed by atoms with Gasteiger partial charge in [-0.15, -0.1) is 0 Å². The topological polar surface area (TPSA) is 71.1 Å². The minimum Gasteiger partial charge on any atom is -0.479 e. The molecule has 0 aliphatic heterocycles. The summed E-state index contributed by atoms with van der Waals surface area (Å²) in [6.45, 7) is 7.27. The molecule has 0 aliphatic rings. The molecule has 0 saturated carbocycles. The van der Waals surface area contributed by atoms with Crippen LogP contribution >= 0.6 is 0 Å². The molecule has 0 radical (unpaired) electrons. The monoisotopic (exact) mass is 310 g/mol. The average molecular weight is 310 g/mol. The van der Waals surface area contributed by atoms with Crippen molar-refractivity contribution < 1.29 is 28.5 Å². The third-order valence-corrected chi connectivity index (χ3v) is 2.67. The molecule has 0 saturated heterocycles. The predicted molar refractivity (Wildman–Crippen MR) is 79.9 cm³/mol. The molecule has 1 aromatic carbocycles. The van der Waals surface area contributed by atoms with Crippen molar-refractivity contribution in [1.29, 1.82) is 0 Å². The Morgan fingerprint density at radius 3 is 1.68 bits per heavy atom. The second-order valence-electron chi connectivity index (χ2n) is 4.50. The Morgan fingerprint density at radius 2 is 1.32 bits per heavy atom. The molecule has 22 heavy (non-hydrogen) atoms. The van der Waals surface area contributed by atoms with Crippen LogP contribution < -0.4 is 9.47 Å². The zero-order valence-corrected chi connectivity index (χ0v) is 13.3. The number of rotatable bonds is 8. The van der Waals surface area contributed by atoms with Crippen molar-refractivity contribution in [3.8, 4) is 11.5 Å². The largest absolute Gasteiger partial charge is 0.479 e. The second-order valence-corrected chi connectivity index (χ2v) is 4.50. The smallest absolute Gasteiger partial charge is 0.347 e. The highest BCUT2D eigenvalue weighted by molar-refractivity contribution is 5.75. The fraction of sp³-hybridized carbons (Fsp3) is 0.500. The van der Waals surface area contributed by atoms with Gasteiger partial charge in [0.25, 0.3) is 0 Å². The zero-order valence-electron chi connectivity index (χ0n) is 13.3. The van der Waals surface area contributed by atoms with Gasteiger partial charge in [-0.05, 0) is 39.8 Å². The quantitative estimate of drug-likeness (QED) is 0.686. The second kappa shape index (κ2) is 8.92. The van der Waals surface area contributed by atoms with Gasteiger partial charge < -0.3 is 18.9 Å². The van der Waals surface area contributed by atoms with Crippen molar-refractivity contribution in [3.63, 3.8) is 0 Å². The van der Waals surface area contributed by atoms with Crippen LogP contribution in [0.3, 0.4) is 0 Å². The van der Waals surface area contributed by atoms with Gasteiger partial charge >= 0.3 is 11.9 Å². The van der Waals surface area contributed by atoms with Crippen molar-refractivity contribution in [2.75, 3.05) is 13.2 Å². The molecule has 0 unspecified atom stereocenters. The van der Waals surface area contributed by atoms with Crippen LogP contribution in [0.1, 0.15) is 27.7 Å². The average Bonchev–Trinajstić information content (AvgIpc) is 2.48. The van der Waals surface area contributed by atoms with E-state index < -0.39 is 24.1 Å². The van der Waals surface area contributed by atoms with Crippen LogP contribution in [0.25, 0.3) is 0 Å². The van der Waals surface area contributed by atoms with Crippen molar-refractivity contribution in [3.05, 3.63) is 24.3 Å². The van der Waals surface area contributed by atoms with E-state index in [0.717, 1.165) is 0 Å². The SMILES string of the molecule is CCOC(=O)[C@@H](C)Oc1cccc(O[C@H](C)C(=O)OCC)c1. The Morgan fingerprint density at radius 1 is 0.909 bits per heavy atom. The van der Waals surface area contributed by atoms with Crippen LogP contribution in [0.4, 0.5) is 0 Å². The van der Waals surface area contributed by atoms with E-state index in [9.17, 15) is 9.59 Å². The number of esters is 2.